The molecule has 7 heteroatoms. The number of aryl methyl sites for hydroxylation is 1. The molecule has 0 amide bonds. The largest absolute Gasteiger partial charge is 1.00 e. The Kier molecular flexibility index (Phi) is 6.63. The zero-order valence-corrected chi connectivity index (χ0v) is 19.9. The van der Waals surface area contributed by atoms with E-state index >= 15 is 0 Å². The molecule has 0 unspecified atom stereocenters. The van der Waals surface area contributed by atoms with E-state index in [0.29, 0.717) is 5.69 Å². The summed E-state index contributed by atoms with van der Waals surface area (Å²) in [7, 11) is 1.91. The van der Waals surface area contributed by atoms with Gasteiger partial charge in [-0.25, -0.2) is 14.6 Å². The maximum atomic E-state index is 13.2. The van der Waals surface area contributed by atoms with E-state index in [1.54, 1.807) is 16.0 Å². The fourth-order valence-corrected chi connectivity index (χ4v) is 4.53. The first-order chi connectivity index (χ1) is 14.0. The summed E-state index contributed by atoms with van der Waals surface area (Å²) in [6.07, 6.45) is 0. The highest BCUT2D eigenvalue weighted by Crippen LogP contribution is 2.26. The lowest BCUT2D eigenvalue weighted by Gasteiger charge is -2.06. The van der Waals surface area contributed by atoms with Crippen LogP contribution in [0.1, 0.15) is 18.2 Å². The van der Waals surface area contributed by atoms with E-state index in [4.69, 9.17) is 0 Å². The maximum absolute atomic E-state index is 13.2. The summed E-state index contributed by atoms with van der Waals surface area (Å²) in [6, 6.07) is 18.2. The van der Waals surface area contributed by atoms with Gasteiger partial charge in [0.2, 0.25) is 5.69 Å². The van der Waals surface area contributed by atoms with Crippen LogP contribution in [0.2, 0.25) is 0 Å². The lowest BCUT2D eigenvalue weighted by molar-refractivity contribution is -0.664. The monoisotopic (exact) mass is 484 g/mol. The highest BCUT2D eigenvalue weighted by Gasteiger charge is 2.24. The number of thiazole rings is 1. The van der Waals surface area contributed by atoms with Crippen molar-refractivity contribution in [3.63, 3.8) is 0 Å². The van der Waals surface area contributed by atoms with Crippen LogP contribution in [0.15, 0.2) is 64.8 Å². The number of hydrogen-bond donors (Lipinski definition) is 1. The van der Waals surface area contributed by atoms with Gasteiger partial charge in [0.25, 0.3) is 0 Å². The summed E-state index contributed by atoms with van der Waals surface area (Å²) < 4.78 is 5.81. The molecule has 0 aliphatic carbocycles. The number of nitrogens with zero attached hydrogens (tertiary/aromatic N) is 3. The second kappa shape index (κ2) is 9.02. The lowest BCUT2D eigenvalue weighted by atomic mass is 10.1. The van der Waals surface area contributed by atoms with E-state index in [9.17, 15) is 4.79 Å². The molecule has 4 rings (SSSR count). The van der Waals surface area contributed by atoms with Gasteiger partial charge >= 0.3 is 10.7 Å². The van der Waals surface area contributed by atoms with Gasteiger partial charge in [-0.05, 0) is 32.9 Å². The highest BCUT2D eigenvalue weighted by atomic mass is 79.9. The molecule has 4 aromatic rings. The van der Waals surface area contributed by atoms with Crippen LogP contribution >= 0.6 is 11.3 Å². The van der Waals surface area contributed by atoms with Gasteiger partial charge in [-0.3, -0.25) is 9.48 Å². The van der Waals surface area contributed by atoms with E-state index in [1.807, 2.05) is 49.0 Å². The van der Waals surface area contributed by atoms with Gasteiger partial charge in [0.15, 0.2) is 0 Å². The molecule has 0 bridgehead atoms. The van der Waals surface area contributed by atoms with Crippen LogP contribution in [0.3, 0.4) is 0 Å². The van der Waals surface area contributed by atoms with Gasteiger partial charge in [-0.15, -0.1) is 0 Å². The molecule has 1 N–H and O–H groups in total. The maximum Gasteiger partial charge on any atom is 0.339 e. The van der Waals surface area contributed by atoms with Gasteiger partial charge in [0.1, 0.15) is 5.69 Å². The molecule has 0 saturated carbocycles. The number of benzene rings is 2. The Morgan fingerprint density at radius 2 is 1.70 bits per heavy atom. The van der Waals surface area contributed by atoms with Gasteiger partial charge < -0.3 is 17.0 Å². The molecule has 0 radical (unpaired) electrons. The summed E-state index contributed by atoms with van der Waals surface area (Å²) in [5, 5.41) is 6.52. The molecular weight excluding hydrogens is 460 g/mol. The number of anilines is 2. The summed E-state index contributed by atoms with van der Waals surface area (Å²) in [5.74, 6) is 0. The van der Waals surface area contributed by atoms with Gasteiger partial charge in [-0.1, -0.05) is 59.4 Å². The second-order valence-corrected chi connectivity index (χ2v) is 7.96. The van der Waals surface area contributed by atoms with E-state index in [2.05, 4.69) is 53.4 Å². The Hall–Kier alpha value is -2.64. The first kappa shape index (κ1) is 22.1. The van der Waals surface area contributed by atoms with Crippen molar-refractivity contribution in [3.05, 3.63) is 81.6 Å². The van der Waals surface area contributed by atoms with Crippen molar-refractivity contribution in [2.45, 2.75) is 27.3 Å². The number of para-hydroxylation sites is 1. The van der Waals surface area contributed by atoms with Crippen LogP contribution in [0, 0.1) is 13.8 Å². The minimum Gasteiger partial charge on any atom is -1.00 e. The molecule has 30 heavy (non-hydrogen) atoms. The molecule has 5 nitrogen and oxygen atoms in total. The standard InChI is InChI=1S/C23H24N4OS.BrH/c1-5-26-20(18-13-11-16(2)12-14-18)15-29-23(26)24-21-17(3)25(4)27(22(21)28)19-9-7-6-8-10-19;/h6-15H,5H2,1-4H3;1H. The van der Waals surface area contributed by atoms with Crippen LogP contribution in [-0.4, -0.2) is 9.36 Å². The third kappa shape index (κ3) is 3.87. The molecule has 156 valence electrons. The number of hydrogen-bond acceptors (Lipinski definition) is 3. The molecule has 0 spiro atoms. The highest BCUT2D eigenvalue weighted by molar-refractivity contribution is 7.13. The van der Waals surface area contributed by atoms with Gasteiger partial charge in [0.05, 0.1) is 17.9 Å². The topological polar surface area (TPSA) is 42.8 Å². The van der Waals surface area contributed by atoms with Crippen molar-refractivity contribution in [3.8, 4) is 16.9 Å². The fraction of sp³-hybridized carbons (Fsp3) is 0.217. The first-order valence-corrected chi connectivity index (χ1v) is 10.6. The minimum absolute atomic E-state index is 0. The number of aromatic nitrogens is 3. The van der Waals surface area contributed by atoms with Gasteiger partial charge in [0, 0.05) is 18.0 Å². The van der Waals surface area contributed by atoms with Crippen molar-refractivity contribution >= 4 is 22.2 Å². The van der Waals surface area contributed by atoms with Crippen molar-refractivity contribution in [2.24, 2.45) is 7.05 Å². The average Bonchev–Trinajstić information content (AvgIpc) is 3.23. The Morgan fingerprint density at radius 1 is 1.03 bits per heavy atom. The van der Waals surface area contributed by atoms with Crippen molar-refractivity contribution in [2.75, 3.05) is 5.32 Å². The Morgan fingerprint density at radius 3 is 2.33 bits per heavy atom. The molecule has 0 saturated heterocycles. The van der Waals surface area contributed by atoms with Crippen molar-refractivity contribution in [1.29, 1.82) is 0 Å². The van der Waals surface area contributed by atoms with Crippen LogP contribution in [0.5, 0.6) is 0 Å². The molecule has 0 aliphatic heterocycles. The number of halogens is 1. The third-order valence-corrected chi connectivity index (χ3v) is 6.15. The summed E-state index contributed by atoms with van der Waals surface area (Å²) in [6.45, 7) is 6.99. The zero-order chi connectivity index (χ0) is 20.5. The molecule has 2 heterocycles. The quantitative estimate of drug-likeness (QED) is 0.437. The molecular formula is C23H25BrN4OS. The average molecular weight is 485 g/mol. The zero-order valence-electron chi connectivity index (χ0n) is 17.5. The SMILES string of the molecule is CC[n+]1c(-c2ccc(C)cc2)csc1Nc1c(C)n(C)n(-c2ccccc2)c1=O.[Br-]. The summed E-state index contributed by atoms with van der Waals surface area (Å²) in [4.78, 5) is 13.2. The second-order valence-electron chi connectivity index (χ2n) is 7.10. The fourth-order valence-electron chi connectivity index (χ4n) is 3.53. The smallest absolute Gasteiger partial charge is 0.339 e. The van der Waals surface area contributed by atoms with E-state index < -0.39 is 0 Å². The van der Waals surface area contributed by atoms with Gasteiger partial charge in [-0.2, -0.15) is 0 Å². The molecule has 2 aromatic carbocycles. The predicted octanol–water partition coefficient (Wildman–Crippen LogP) is 1.58. The van der Waals surface area contributed by atoms with Crippen LogP contribution in [-0.2, 0) is 13.6 Å². The first-order valence-electron chi connectivity index (χ1n) is 9.70. The third-order valence-electron chi connectivity index (χ3n) is 5.27. The van der Waals surface area contributed by atoms with Crippen molar-refractivity contribution < 1.29 is 21.5 Å². The molecule has 0 aliphatic rings. The predicted molar refractivity (Wildman–Crippen MR) is 119 cm³/mol. The molecule has 2 aromatic heterocycles. The van der Waals surface area contributed by atoms with Crippen LogP contribution in [0.4, 0.5) is 10.8 Å². The van der Waals surface area contributed by atoms with E-state index in [0.717, 1.165) is 28.8 Å². The van der Waals surface area contributed by atoms with Crippen LogP contribution < -0.4 is 32.4 Å². The van der Waals surface area contributed by atoms with E-state index in [-0.39, 0.29) is 22.5 Å². The number of nitrogens with one attached hydrogen (secondary N) is 1. The lowest BCUT2D eigenvalue weighted by Crippen LogP contribution is -3.00. The number of rotatable bonds is 5. The normalized spacial score (nSPS) is 10.7. The molecule has 0 atom stereocenters. The summed E-state index contributed by atoms with van der Waals surface area (Å²) in [5.41, 5.74) is 5.87. The van der Waals surface area contributed by atoms with E-state index in [1.165, 1.54) is 11.1 Å². The van der Waals surface area contributed by atoms with Crippen LogP contribution in [0.25, 0.3) is 16.9 Å². The molecule has 0 fully saturated rings. The van der Waals surface area contributed by atoms with Crippen molar-refractivity contribution in [1.82, 2.24) is 9.36 Å². The Balaban J connectivity index is 0.00000256. The Labute approximate surface area is 191 Å². The summed E-state index contributed by atoms with van der Waals surface area (Å²) >= 11 is 1.62. The Bertz CT molecular complexity index is 1210. The minimum atomic E-state index is -0.0517.